The normalized spacial score (nSPS) is 10.7. The molecule has 0 aliphatic carbocycles. The first-order valence-electron chi connectivity index (χ1n) is 8.07. The maximum Gasteiger partial charge on any atom is 0.251 e. The summed E-state index contributed by atoms with van der Waals surface area (Å²) in [7, 11) is 1.65. The number of amides is 1. The molecule has 0 radical (unpaired) electrons. The molecule has 2 aromatic carbocycles. The highest BCUT2D eigenvalue weighted by molar-refractivity contribution is 5.95. The van der Waals surface area contributed by atoms with Crippen LogP contribution in [-0.2, 0) is 13.1 Å². The van der Waals surface area contributed by atoms with Crippen LogP contribution in [0.25, 0.3) is 0 Å². The molecule has 0 heterocycles. The summed E-state index contributed by atoms with van der Waals surface area (Å²) in [4.78, 5) is 12.2. The fraction of sp³-hybridized carbons (Fsp3) is 0.316. The van der Waals surface area contributed by atoms with Crippen molar-refractivity contribution in [2.24, 2.45) is 0 Å². The lowest BCUT2D eigenvalue weighted by Crippen LogP contribution is -2.33. The smallest absolute Gasteiger partial charge is 0.251 e. The second-order valence-corrected chi connectivity index (χ2v) is 5.84. The number of hydrogen-bond donors (Lipinski definition) is 3. The van der Waals surface area contributed by atoms with Crippen LogP contribution < -0.4 is 20.9 Å². The Morgan fingerprint density at radius 1 is 1.00 bits per heavy atom. The Morgan fingerprint density at radius 2 is 1.67 bits per heavy atom. The van der Waals surface area contributed by atoms with E-state index in [1.165, 1.54) is 0 Å². The van der Waals surface area contributed by atoms with Gasteiger partial charge in [-0.3, -0.25) is 15.6 Å². The molecule has 2 aromatic rings. The zero-order valence-corrected chi connectivity index (χ0v) is 14.4. The van der Waals surface area contributed by atoms with E-state index in [0.717, 1.165) is 16.9 Å². The van der Waals surface area contributed by atoms with E-state index in [0.29, 0.717) is 18.7 Å². The fourth-order valence-corrected chi connectivity index (χ4v) is 2.30. The number of nitrogens with one attached hydrogen (secondary N) is 3. The third kappa shape index (κ3) is 5.37. The molecule has 0 unspecified atom stereocenters. The van der Waals surface area contributed by atoms with Crippen LogP contribution in [0, 0.1) is 0 Å². The van der Waals surface area contributed by atoms with Crippen molar-refractivity contribution in [3.8, 4) is 5.75 Å². The van der Waals surface area contributed by atoms with Crippen LogP contribution in [0.3, 0.4) is 0 Å². The van der Waals surface area contributed by atoms with Crippen molar-refractivity contribution >= 4 is 5.91 Å². The molecule has 0 spiro atoms. The van der Waals surface area contributed by atoms with Gasteiger partial charge < -0.3 is 10.1 Å². The quantitative estimate of drug-likeness (QED) is 0.515. The van der Waals surface area contributed by atoms with Crippen LogP contribution in [0.1, 0.15) is 35.3 Å². The minimum atomic E-state index is -0.0439. The van der Waals surface area contributed by atoms with Crippen LogP contribution in [0.2, 0.25) is 0 Å². The van der Waals surface area contributed by atoms with Gasteiger partial charge in [0.2, 0.25) is 0 Å². The van der Waals surface area contributed by atoms with Gasteiger partial charge in [0.1, 0.15) is 5.75 Å². The van der Waals surface area contributed by atoms with E-state index in [9.17, 15) is 4.79 Å². The highest BCUT2D eigenvalue weighted by Gasteiger charge is 2.11. The number of carbonyl (C=O) groups is 1. The van der Waals surface area contributed by atoms with Crippen molar-refractivity contribution in [3.05, 3.63) is 65.2 Å². The maximum atomic E-state index is 12.2. The Labute approximate surface area is 143 Å². The van der Waals surface area contributed by atoms with E-state index >= 15 is 0 Å². The maximum absolute atomic E-state index is 12.2. The minimum absolute atomic E-state index is 0.0439. The number of methoxy groups -OCH3 is 1. The molecule has 0 saturated heterocycles. The Bertz CT molecular complexity index is 654. The molecule has 1 amide bonds. The van der Waals surface area contributed by atoms with Gasteiger partial charge in [-0.05, 0) is 43.2 Å². The summed E-state index contributed by atoms with van der Waals surface area (Å²) < 4.78 is 5.14. The first kappa shape index (κ1) is 18.0. The minimum Gasteiger partial charge on any atom is -0.497 e. The first-order valence-corrected chi connectivity index (χ1v) is 8.07. The number of hydrogen-bond acceptors (Lipinski definition) is 4. The summed E-state index contributed by atoms with van der Waals surface area (Å²) in [5, 5.41) is 2.93. The molecule has 3 N–H and O–H groups in total. The first-order chi connectivity index (χ1) is 11.6. The molecule has 24 heavy (non-hydrogen) atoms. The molecule has 0 aromatic heterocycles. The molecule has 2 rings (SSSR count). The molecule has 0 aliphatic rings. The van der Waals surface area contributed by atoms with Gasteiger partial charge in [0, 0.05) is 24.7 Å². The van der Waals surface area contributed by atoms with Crippen molar-refractivity contribution in [1.29, 1.82) is 0 Å². The monoisotopic (exact) mass is 327 g/mol. The van der Waals surface area contributed by atoms with Crippen LogP contribution in [0.15, 0.2) is 48.5 Å². The van der Waals surface area contributed by atoms with Crippen LogP contribution in [-0.4, -0.2) is 19.1 Å². The SMILES string of the molecule is COc1ccc(CNNCc2ccccc2C(=O)NC(C)C)cc1. The molecule has 128 valence electrons. The lowest BCUT2D eigenvalue weighted by molar-refractivity contribution is 0.0942. The summed E-state index contributed by atoms with van der Waals surface area (Å²) in [5.41, 5.74) is 9.14. The van der Waals surface area contributed by atoms with Gasteiger partial charge in [-0.1, -0.05) is 30.3 Å². The van der Waals surface area contributed by atoms with Crippen molar-refractivity contribution in [2.75, 3.05) is 7.11 Å². The second kappa shape index (κ2) is 9.05. The molecule has 0 aliphatic heterocycles. The van der Waals surface area contributed by atoms with Crippen molar-refractivity contribution in [1.82, 2.24) is 16.2 Å². The summed E-state index contributed by atoms with van der Waals surface area (Å²) in [5.74, 6) is 0.800. The lowest BCUT2D eigenvalue weighted by Gasteiger charge is -2.13. The van der Waals surface area contributed by atoms with Gasteiger partial charge in [0.05, 0.1) is 7.11 Å². The highest BCUT2D eigenvalue weighted by Crippen LogP contribution is 2.11. The van der Waals surface area contributed by atoms with E-state index < -0.39 is 0 Å². The van der Waals surface area contributed by atoms with Crippen molar-refractivity contribution in [3.63, 3.8) is 0 Å². The predicted molar refractivity (Wildman–Crippen MR) is 95.7 cm³/mol. The third-order valence-electron chi connectivity index (χ3n) is 3.54. The molecule has 5 heteroatoms. The Balaban J connectivity index is 1.86. The molecular formula is C19H25N3O2. The van der Waals surface area contributed by atoms with E-state index in [2.05, 4.69) is 16.2 Å². The van der Waals surface area contributed by atoms with E-state index in [1.54, 1.807) is 7.11 Å². The zero-order valence-electron chi connectivity index (χ0n) is 14.4. The molecule has 0 saturated carbocycles. The van der Waals surface area contributed by atoms with Crippen LogP contribution in [0.4, 0.5) is 0 Å². The van der Waals surface area contributed by atoms with Gasteiger partial charge in [-0.15, -0.1) is 0 Å². The summed E-state index contributed by atoms with van der Waals surface area (Å²) in [6.07, 6.45) is 0. The fourth-order valence-electron chi connectivity index (χ4n) is 2.30. The molecule has 0 bridgehead atoms. The number of hydrazine groups is 1. The molecule has 5 nitrogen and oxygen atoms in total. The van der Waals surface area contributed by atoms with Gasteiger partial charge in [0.15, 0.2) is 0 Å². The average molecular weight is 327 g/mol. The summed E-state index contributed by atoms with van der Waals surface area (Å²) in [6, 6.07) is 15.6. The van der Waals surface area contributed by atoms with E-state index in [1.807, 2.05) is 62.4 Å². The predicted octanol–water partition coefficient (Wildman–Crippen LogP) is 2.63. The summed E-state index contributed by atoms with van der Waals surface area (Å²) in [6.45, 7) is 5.16. The lowest BCUT2D eigenvalue weighted by atomic mass is 10.1. The number of rotatable bonds is 8. The Morgan fingerprint density at radius 3 is 2.33 bits per heavy atom. The van der Waals surface area contributed by atoms with Crippen molar-refractivity contribution < 1.29 is 9.53 Å². The number of benzene rings is 2. The number of ether oxygens (including phenoxy) is 1. The van der Waals surface area contributed by atoms with Crippen LogP contribution >= 0.6 is 0 Å². The Hall–Kier alpha value is -2.37. The van der Waals surface area contributed by atoms with E-state index in [-0.39, 0.29) is 11.9 Å². The topological polar surface area (TPSA) is 62.4 Å². The van der Waals surface area contributed by atoms with Gasteiger partial charge in [-0.25, -0.2) is 0 Å². The molecule has 0 atom stereocenters. The highest BCUT2D eigenvalue weighted by atomic mass is 16.5. The Kier molecular flexibility index (Phi) is 6.78. The number of carbonyl (C=O) groups excluding carboxylic acids is 1. The average Bonchev–Trinajstić information content (AvgIpc) is 2.59. The van der Waals surface area contributed by atoms with Gasteiger partial charge in [-0.2, -0.15) is 0 Å². The van der Waals surface area contributed by atoms with Gasteiger partial charge >= 0.3 is 0 Å². The second-order valence-electron chi connectivity index (χ2n) is 5.84. The third-order valence-corrected chi connectivity index (χ3v) is 3.54. The van der Waals surface area contributed by atoms with E-state index in [4.69, 9.17) is 4.74 Å². The summed E-state index contributed by atoms with van der Waals surface area (Å²) >= 11 is 0. The van der Waals surface area contributed by atoms with Gasteiger partial charge in [0.25, 0.3) is 5.91 Å². The van der Waals surface area contributed by atoms with Crippen LogP contribution in [0.5, 0.6) is 5.75 Å². The standard InChI is InChI=1S/C19H25N3O2/c1-14(2)22-19(23)18-7-5-4-6-16(18)13-21-20-12-15-8-10-17(24-3)11-9-15/h4-11,14,20-21H,12-13H2,1-3H3,(H,22,23). The zero-order chi connectivity index (χ0) is 17.4. The van der Waals surface area contributed by atoms with Crippen molar-refractivity contribution in [2.45, 2.75) is 33.0 Å². The largest absolute Gasteiger partial charge is 0.497 e. The molecular weight excluding hydrogens is 302 g/mol. The molecule has 0 fully saturated rings.